The summed E-state index contributed by atoms with van der Waals surface area (Å²) in [6, 6.07) is 0. The SMILES string of the molecule is CC(C)OC1(Cl)CCCSO1. The number of rotatable bonds is 2. The van der Waals surface area contributed by atoms with Crippen LogP contribution in [-0.2, 0) is 8.92 Å². The van der Waals surface area contributed by atoms with E-state index in [1.807, 2.05) is 13.8 Å². The van der Waals surface area contributed by atoms with Crippen LogP contribution in [0.4, 0.5) is 0 Å². The molecule has 0 N–H and O–H groups in total. The first-order valence-electron chi connectivity index (χ1n) is 3.80. The van der Waals surface area contributed by atoms with Crippen LogP contribution in [0.5, 0.6) is 0 Å². The lowest BCUT2D eigenvalue weighted by molar-refractivity contribution is -0.142. The Balaban J connectivity index is 2.37. The fourth-order valence-corrected chi connectivity index (χ4v) is 2.03. The predicted octanol–water partition coefficient (Wildman–Crippen LogP) is 2.76. The second-order valence-corrected chi connectivity index (χ2v) is 4.22. The molecule has 66 valence electrons. The molecule has 11 heavy (non-hydrogen) atoms. The van der Waals surface area contributed by atoms with Crippen molar-refractivity contribution in [2.75, 3.05) is 5.75 Å². The average Bonchev–Trinajstić information content (AvgIpc) is 1.85. The highest BCUT2D eigenvalue weighted by Gasteiger charge is 2.33. The number of hydrogen-bond acceptors (Lipinski definition) is 3. The highest BCUT2D eigenvalue weighted by molar-refractivity contribution is 7.94. The third kappa shape index (κ3) is 3.20. The van der Waals surface area contributed by atoms with Gasteiger partial charge in [-0.05, 0) is 32.3 Å². The lowest BCUT2D eigenvalue weighted by Gasteiger charge is -2.31. The van der Waals surface area contributed by atoms with Crippen molar-refractivity contribution in [3.63, 3.8) is 0 Å². The highest BCUT2D eigenvalue weighted by Crippen LogP contribution is 2.35. The van der Waals surface area contributed by atoms with Gasteiger partial charge in [-0.25, -0.2) is 0 Å². The molecule has 0 bridgehead atoms. The first kappa shape index (κ1) is 9.65. The molecule has 0 amide bonds. The van der Waals surface area contributed by atoms with Crippen LogP contribution < -0.4 is 0 Å². The smallest absolute Gasteiger partial charge is 0.259 e. The summed E-state index contributed by atoms with van der Waals surface area (Å²) in [4.78, 5) is 0. The second-order valence-electron chi connectivity index (χ2n) is 2.84. The van der Waals surface area contributed by atoms with Crippen LogP contribution in [0.3, 0.4) is 0 Å². The van der Waals surface area contributed by atoms with E-state index in [9.17, 15) is 0 Å². The van der Waals surface area contributed by atoms with Gasteiger partial charge in [0.1, 0.15) is 0 Å². The molecule has 0 saturated carbocycles. The Morgan fingerprint density at radius 3 is 2.82 bits per heavy atom. The van der Waals surface area contributed by atoms with E-state index in [1.165, 1.54) is 12.0 Å². The Labute approximate surface area is 76.8 Å². The topological polar surface area (TPSA) is 18.5 Å². The Morgan fingerprint density at radius 1 is 1.64 bits per heavy atom. The van der Waals surface area contributed by atoms with Crippen LogP contribution in [0.25, 0.3) is 0 Å². The Morgan fingerprint density at radius 2 is 2.36 bits per heavy atom. The lowest BCUT2D eigenvalue weighted by Crippen LogP contribution is -2.32. The van der Waals surface area contributed by atoms with Crippen molar-refractivity contribution in [1.29, 1.82) is 0 Å². The monoisotopic (exact) mass is 196 g/mol. The third-order valence-corrected chi connectivity index (χ3v) is 2.59. The first-order chi connectivity index (χ1) is 5.12. The van der Waals surface area contributed by atoms with E-state index in [0.717, 1.165) is 18.6 Å². The molecular weight excluding hydrogens is 184 g/mol. The summed E-state index contributed by atoms with van der Waals surface area (Å²) in [5.74, 6) is 1.01. The van der Waals surface area contributed by atoms with Crippen LogP contribution in [0.15, 0.2) is 0 Å². The van der Waals surface area contributed by atoms with Crippen molar-refractivity contribution in [1.82, 2.24) is 0 Å². The van der Waals surface area contributed by atoms with Gasteiger partial charge in [-0.1, -0.05) is 11.6 Å². The second kappa shape index (κ2) is 3.99. The Kier molecular flexibility index (Phi) is 3.50. The van der Waals surface area contributed by atoms with E-state index in [-0.39, 0.29) is 6.10 Å². The minimum absolute atomic E-state index is 0.117. The summed E-state index contributed by atoms with van der Waals surface area (Å²) in [6.45, 7) is 3.90. The minimum Gasteiger partial charge on any atom is -0.334 e. The molecule has 1 rings (SSSR count). The summed E-state index contributed by atoms with van der Waals surface area (Å²) in [7, 11) is 0. The zero-order valence-electron chi connectivity index (χ0n) is 6.80. The van der Waals surface area contributed by atoms with E-state index in [4.69, 9.17) is 20.5 Å². The molecule has 0 aromatic heterocycles. The molecule has 4 heteroatoms. The van der Waals surface area contributed by atoms with Gasteiger partial charge in [-0.15, -0.1) is 0 Å². The standard InChI is InChI=1S/C7H13ClO2S/c1-6(2)9-7(8)4-3-5-11-10-7/h6H,3-5H2,1-2H3. The highest BCUT2D eigenvalue weighted by atomic mass is 35.5. The van der Waals surface area contributed by atoms with Gasteiger partial charge >= 0.3 is 0 Å². The maximum atomic E-state index is 6.00. The van der Waals surface area contributed by atoms with Crippen LogP contribution in [0.1, 0.15) is 26.7 Å². The van der Waals surface area contributed by atoms with E-state index < -0.39 is 5.25 Å². The van der Waals surface area contributed by atoms with Gasteiger partial charge in [0, 0.05) is 12.2 Å². The van der Waals surface area contributed by atoms with Crippen molar-refractivity contribution < 1.29 is 8.92 Å². The van der Waals surface area contributed by atoms with Crippen LogP contribution >= 0.6 is 23.6 Å². The molecule has 1 saturated heterocycles. The molecule has 0 spiro atoms. The van der Waals surface area contributed by atoms with Gasteiger partial charge in [0.2, 0.25) is 0 Å². The molecule has 1 aliphatic rings. The first-order valence-corrected chi connectivity index (χ1v) is 5.09. The summed E-state index contributed by atoms with van der Waals surface area (Å²) in [5, 5.41) is -0.864. The molecule has 2 nitrogen and oxygen atoms in total. The lowest BCUT2D eigenvalue weighted by atomic mass is 10.3. The van der Waals surface area contributed by atoms with Crippen molar-refractivity contribution >= 4 is 23.6 Å². The zero-order valence-corrected chi connectivity index (χ0v) is 8.37. The fraction of sp³-hybridized carbons (Fsp3) is 1.00. The van der Waals surface area contributed by atoms with Crippen LogP contribution in [-0.4, -0.2) is 17.1 Å². The van der Waals surface area contributed by atoms with Crippen molar-refractivity contribution in [2.24, 2.45) is 0 Å². The van der Waals surface area contributed by atoms with E-state index >= 15 is 0 Å². The summed E-state index contributed by atoms with van der Waals surface area (Å²) in [5.41, 5.74) is 0. The molecule has 1 heterocycles. The van der Waals surface area contributed by atoms with E-state index in [0.29, 0.717) is 0 Å². The van der Waals surface area contributed by atoms with Crippen molar-refractivity contribution in [2.45, 2.75) is 38.0 Å². The summed E-state index contributed by atoms with van der Waals surface area (Å²) >= 11 is 7.39. The molecule has 0 aromatic rings. The van der Waals surface area contributed by atoms with Gasteiger partial charge in [-0.2, -0.15) is 0 Å². The maximum absolute atomic E-state index is 6.00. The molecule has 0 aromatic carbocycles. The van der Waals surface area contributed by atoms with Crippen LogP contribution in [0.2, 0.25) is 0 Å². The summed E-state index contributed by atoms with van der Waals surface area (Å²) < 4.78 is 10.6. The zero-order chi connectivity index (χ0) is 8.32. The fourth-order valence-electron chi connectivity index (χ4n) is 0.944. The van der Waals surface area contributed by atoms with Gasteiger partial charge in [-0.3, -0.25) is 4.18 Å². The van der Waals surface area contributed by atoms with E-state index in [2.05, 4.69) is 0 Å². The maximum Gasteiger partial charge on any atom is 0.259 e. The summed E-state index contributed by atoms with van der Waals surface area (Å²) in [6.07, 6.45) is 1.95. The molecular formula is C7H13ClO2S. The van der Waals surface area contributed by atoms with Gasteiger partial charge in [0.25, 0.3) is 5.25 Å². The minimum atomic E-state index is -0.864. The predicted molar refractivity (Wildman–Crippen MR) is 47.6 cm³/mol. The largest absolute Gasteiger partial charge is 0.334 e. The molecule has 0 aliphatic carbocycles. The quantitative estimate of drug-likeness (QED) is 0.500. The molecule has 1 aliphatic heterocycles. The average molecular weight is 197 g/mol. The number of halogens is 1. The molecule has 0 radical (unpaired) electrons. The third-order valence-electron chi connectivity index (χ3n) is 1.30. The van der Waals surface area contributed by atoms with Gasteiger partial charge < -0.3 is 4.74 Å². The van der Waals surface area contributed by atoms with Crippen molar-refractivity contribution in [3.05, 3.63) is 0 Å². The normalized spacial score (nSPS) is 32.7. The van der Waals surface area contributed by atoms with Crippen molar-refractivity contribution in [3.8, 4) is 0 Å². The van der Waals surface area contributed by atoms with Crippen LogP contribution in [0, 0.1) is 0 Å². The Bertz CT molecular complexity index is 124. The van der Waals surface area contributed by atoms with Gasteiger partial charge in [0.05, 0.1) is 6.10 Å². The number of alkyl halides is 1. The van der Waals surface area contributed by atoms with E-state index in [1.54, 1.807) is 0 Å². The number of ether oxygens (including phenoxy) is 1. The molecule has 1 unspecified atom stereocenters. The Hall–Kier alpha value is 0.560. The molecule has 1 atom stereocenters. The molecule has 1 fully saturated rings. The van der Waals surface area contributed by atoms with Gasteiger partial charge in [0.15, 0.2) is 0 Å². The number of hydrogen-bond donors (Lipinski definition) is 0.